The third-order valence-electron chi connectivity index (χ3n) is 2.08. The highest BCUT2D eigenvalue weighted by Gasteiger charge is 2.15. The lowest BCUT2D eigenvalue weighted by Gasteiger charge is -2.08. The van der Waals surface area contributed by atoms with Gasteiger partial charge in [0.1, 0.15) is 0 Å². The summed E-state index contributed by atoms with van der Waals surface area (Å²) in [5, 5.41) is 0. The number of fused-ring (bicyclic) bond motifs is 1. The van der Waals surface area contributed by atoms with Gasteiger partial charge in [0.15, 0.2) is 0 Å². The van der Waals surface area contributed by atoms with E-state index in [9.17, 15) is 0 Å². The third kappa shape index (κ3) is 1.24. The lowest BCUT2D eigenvalue weighted by Crippen LogP contribution is -2.03. The molecule has 1 aliphatic rings. The van der Waals surface area contributed by atoms with Gasteiger partial charge < -0.3 is 3.11 Å². The first kappa shape index (κ1) is 7.40. The van der Waals surface area contributed by atoms with Crippen molar-refractivity contribution >= 4 is 28.6 Å². The van der Waals surface area contributed by atoms with Crippen molar-refractivity contribution in [2.75, 3.05) is 9.66 Å². The number of hydrogen-bond donors (Lipinski definition) is 0. The van der Waals surface area contributed by atoms with Gasteiger partial charge in [0.25, 0.3) is 0 Å². The van der Waals surface area contributed by atoms with Crippen molar-refractivity contribution in [3.8, 4) is 0 Å². The molecular formula is C9H10IN. The molecule has 1 heterocycles. The normalized spacial score (nSPS) is 15.3. The topological polar surface area (TPSA) is 3.24 Å². The maximum Gasteiger partial charge on any atom is 0.0591 e. The number of nitrogens with zero attached hydrogens (tertiary/aromatic N) is 1. The van der Waals surface area contributed by atoms with E-state index in [-0.39, 0.29) is 0 Å². The Kier molecular flexibility index (Phi) is 1.79. The molecule has 1 aliphatic heterocycles. The first-order chi connectivity index (χ1) is 5.27. The van der Waals surface area contributed by atoms with Gasteiger partial charge >= 0.3 is 0 Å². The van der Waals surface area contributed by atoms with Crippen LogP contribution in [0.1, 0.15) is 11.1 Å². The summed E-state index contributed by atoms with van der Waals surface area (Å²) in [5.74, 6) is 0. The number of anilines is 1. The molecule has 0 spiro atoms. The van der Waals surface area contributed by atoms with Gasteiger partial charge in [-0.3, -0.25) is 0 Å². The van der Waals surface area contributed by atoms with Gasteiger partial charge in [-0.2, -0.15) is 0 Å². The highest BCUT2D eigenvalue weighted by atomic mass is 127. The van der Waals surface area contributed by atoms with Crippen molar-refractivity contribution < 1.29 is 0 Å². The molecule has 0 bridgehead atoms. The summed E-state index contributed by atoms with van der Waals surface area (Å²) in [4.78, 5) is 0. The van der Waals surface area contributed by atoms with Crippen LogP contribution in [0, 0.1) is 6.92 Å². The summed E-state index contributed by atoms with van der Waals surface area (Å²) in [7, 11) is 0. The molecule has 1 aromatic carbocycles. The van der Waals surface area contributed by atoms with Crippen LogP contribution in [0.5, 0.6) is 0 Å². The number of halogens is 1. The van der Waals surface area contributed by atoms with Gasteiger partial charge in [-0.05, 0) is 30.5 Å². The fourth-order valence-electron chi connectivity index (χ4n) is 1.45. The zero-order chi connectivity index (χ0) is 7.84. The molecule has 58 valence electrons. The molecule has 0 amide bonds. The number of benzene rings is 1. The lowest BCUT2D eigenvalue weighted by atomic mass is 10.1. The zero-order valence-electron chi connectivity index (χ0n) is 6.47. The van der Waals surface area contributed by atoms with Crippen LogP contribution in [0.2, 0.25) is 0 Å². The standard InChI is InChI=1S/C9H10IN/c1-7-2-3-8-4-5-11(10)9(8)6-7/h2-3,6H,4-5H2,1H3. The van der Waals surface area contributed by atoms with Crippen molar-refractivity contribution in [1.29, 1.82) is 0 Å². The van der Waals surface area contributed by atoms with E-state index in [1.54, 1.807) is 0 Å². The minimum Gasteiger partial charge on any atom is -0.314 e. The highest BCUT2D eigenvalue weighted by Crippen LogP contribution is 2.31. The first-order valence-corrected chi connectivity index (χ1v) is 4.77. The van der Waals surface area contributed by atoms with Crippen molar-refractivity contribution in [2.45, 2.75) is 13.3 Å². The summed E-state index contributed by atoms with van der Waals surface area (Å²) < 4.78 is 2.29. The Bertz CT molecular complexity index is 283. The van der Waals surface area contributed by atoms with Crippen molar-refractivity contribution in [2.24, 2.45) is 0 Å². The second kappa shape index (κ2) is 2.66. The van der Waals surface area contributed by atoms with E-state index in [0.29, 0.717) is 0 Å². The molecule has 0 aliphatic carbocycles. The average Bonchev–Trinajstić information content (AvgIpc) is 2.33. The second-order valence-electron chi connectivity index (χ2n) is 2.97. The SMILES string of the molecule is Cc1ccc2c(c1)N(I)CC2. The maximum absolute atomic E-state index is 2.37. The van der Waals surface area contributed by atoms with E-state index in [4.69, 9.17) is 0 Å². The molecule has 0 unspecified atom stereocenters. The van der Waals surface area contributed by atoms with E-state index >= 15 is 0 Å². The summed E-state index contributed by atoms with van der Waals surface area (Å²) in [6.45, 7) is 3.31. The van der Waals surface area contributed by atoms with Crippen LogP contribution >= 0.6 is 22.9 Å². The van der Waals surface area contributed by atoms with E-state index in [1.165, 1.54) is 29.8 Å². The Labute approximate surface area is 80.9 Å². The Hall–Kier alpha value is -0.250. The van der Waals surface area contributed by atoms with Crippen molar-refractivity contribution in [1.82, 2.24) is 0 Å². The molecule has 0 atom stereocenters. The van der Waals surface area contributed by atoms with Crippen molar-refractivity contribution in [3.05, 3.63) is 29.3 Å². The number of rotatable bonds is 0. The minimum absolute atomic E-state index is 1.17. The molecule has 0 radical (unpaired) electrons. The quantitative estimate of drug-likeness (QED) is 0.511. The van der Waals surface area contributed by atoms with Crippen LogP contribution in [0.3, 0.4) is 0 Å². The smallest absolute Gasteiger partial charge is 0.0591 e. The molecule has 2 rings (SSSR count). The minimum atomic E-state index is 1.17. The van der Waals surface area contributed by atoms with Crippen LogP contribution in [0.15, 0.2) is 18.2 Å². The van der Waals surface area contributed by atoms with Gasteiger partial charge in [-0.1, -0.05) is 12.1 Å². The molecule has 0 N–H and O–H groups in total. The highest BCUT2D eigenvalue weighted by molar-refractivity contribution is 14.1. The lowest BCUT2D eigenvalue weighted by molar-refractivity contribution is 1.07. The summed E-state index contributed by atoms with van der Waals surface area (Å²) >= 11 is 2.37. The molecule has 11 heavy (non-hydrogen) atoms. The Morgan fingerprint density at radius 1 is 1.45 bits per heavy atom. The maximum atomic E-state index is 2.37. The molecule has 0 aromatic heterocycles. The monoisotopic (exact) mass is 259 g/mol. The van der Waals surface area contributed by atoms with Crippen LogP contribution < -0.4 is 3.11 Å². The first-order valence-electron chi connectivity index (χ1n) is 3.80. The molecule has 1 aromatic rings. The predicted molar refractivity (Wildman–Crippen MR) is 56.2 cm³/mol. The fourth-order valence-corrected chi connectivity index (χ4v) is 2.14. The fraction of sp³-hybridized carbons (Fsp3) is 0.333. The van der Waals surface area contributed by atoms with Crippen LogP contribution in [0.4, 0.5) is 5.69 Å². The van der Waals surface area contributed by atoms with E-state index in [2.05, 4.69) is 51.1 Å². The van der Waals surface area contributed by atoms with E-state index in [0.717, 1.165) is 0 Å². The third-order valence-corrected chi connectivity index (χ3v) is 3.08. The Balaban J connectivity index is 2.52. The van der Waals surface area contributed by atoms with Crippen LogP contribution in [-0.2, 0) is 6.42 Å². The van der Waals surface area contributed by atoms with Gasteiger partial charge in [0, 0.05) is 12.2 Å². The molecule has 0 saturated carbocycles. The Morgan fingerprint density at radius 2 is 2.27 bits per heavy atom. The largest absolute Gasteiger partial charge is 0.314 e. The predicted octanol–water partition coefficient (Wildman–Crippen LogP) is 2.71. The summed E-state index contributed by atoms with van der Waals surface area (Å²) in [6, 6.07) is 6.69. The molecule has 0 saturated heterocycles. The number of hydrogen-bond acceptors (Lipinski definition) is 1. The summed E-state index contributed by atoms with van der Waals surface area (Å²) in [6.07, 6.45) is 1.21. The molecule has 2 heteroatoms. The zero-order valence-corrected chi connectivity index (χ0v) is 8.63. The van der Waals surface area contributed by atoms with Crippen LogP contribution in [-0.4, -0.2) is 6.54 Å². The molecule has 1 nitrogen and oxygen atoms in total. The van der Waals surface area contributed by atoms with Gasteiger partial charge in [0.05, 0.1) is 22.9 Å². The van der Waals surface area contributed by atoms with Crippen molar-refractivity contribution in [3.63, 3.8) is 0 Å². The van der Waals surface area contributed by atoms with Gasteiger partial charge in [-0.15, -0.1) is 0 Å². The molecular weight excluding hydrogens is 249 g/mol. The van der Waals surface area contributed by atoms with Crippen LogP contribution in [0.25, 0.3) is 0 Å². The second-order valence-corrected chi connectivity index (χ2v) is 4.13. The van der Waals surface area contributed by atoms with Gasteiger partial charge in [0.2, 0.25) is 0 Å². The Morgan fingerprint density at radius 3 is 3.09 bits per heavy atom. The van der Waals surface area contributed by atoms with E-state index < -0.39 is 0 Å². The average molecular weight is 259 g/mol. The molecule has 0 fully saturated rings. The van der Waals surface area contributed by atoms with Gasteiger partial charge in [-0.25, -0.2) is 0 Å². The number of aryl methyl sites for hydroxylation is 1. The summed E-state index contributed by atoms with van der Waals surface area (Å²) in [5.41, 5.74) is 4.25. The van der Waals surface area contributed by atoms with E-state index in [1.807, 2.05) is 0 Å².